The highest BCUT2D eigenvalue weighted by molar-refractivity contribution is 7.15. The Balaban J connectivity index is 2.26. The lowest BCUT2D eigenvalue weighted by Crippen LogP contribution is -2.57. The molecule has 0 saturated carbocycles. The molecular formula is C13H22N2O2S. The van der Waals surface area contributed by atoms with E-state index >= 15 is 0 Å². The van der Waals surface area contributed by atoms with Gasteiger partial charge in [0.15, 0.2) is 5.13 Å². The monoisotopic (exact) mass is 270 g/mol. The summed E-state index contributed by atoms with van der Waals surface area (Å²) in [5, 5.41) is 10.2. The zero-order valence-electron chi connectivity index (χ0n) is 11.8. The van der Waals surface area contributed by atoms with E-state index in [1.807, 2.05) is 6.92 Å². The summed E-state index contributed by atoms with van der Waals surface area (Å²) in [7, 11) is 0. The highest BCUT2D eigenvalue weighted by Crippen LogP contribution is 2.34. The fourth-order valence-electron chi connectivity index (χ4n) is 2.62. The molecule has 5 heteroatoms. The summed E-state index contributed by atoms with van der Waals surface area (Å²) in [4.78, 5) is 7.78. The average molecular weight is 270 g/mol. The van der Waals surface area contributed by atoms with Crippen LogP contribution in [0.25, 0.3) is 0 Å². The van der Waals surface area contributed by atoms with E-state index in [0.29, 0.717) is 0 Å². The van der Waals surface area contributed by atoms with E-state index in [1.165, 1.54) is 0 Å². The van der Waals surface area contributed by atoms with Crippen molar-refractivity contribution in [3.05, 3.63) is 10.6 Å². The van der Waals surface area contributed by atoms with Crippen molar-refractivity contribution in [3.63, 3.8) is 0 Å². The molecule has 1 aliphatic heterocycles. The van der Waals surface area contributed by atoms with E-state index in [2.05, 4.69) is 37.6 Å². The lowest BCUT2D eigenvalue weighted by Gasteiger charge is -2.47. The predicted molar refractivity (Wildman–Crippen MR) is 74.2 cm³/mol. The second kappa shape index (κ2) is 4.47. The van der Waals surface area contributed by atoms with Crippen molar-refractivity contribution in [3.8, 4) is 0 Å². The van der Waals surface area contributed by atoms with Crippen LogP contribution in [0.5, 0.6) is 0 Å². The first-order chi connectivity index (χ1) is 8.22. The number of morpholine rings is 1. The first kappa shape index (κ1) is 13.8. The average Bonchev–Trinajstić information content (AvgIpc) is 2.55. The molecule has 0 spiro atoms. The van der Waals surface area contributed by atoms with Gasteiger partial charge in [-0.15, -0.1) is 0 Å². The van der Waals surface area contributed by atoms with Crippen molar-refractivity contribution < 1.29 is 9.84 Å². The molecule has 18 heavy (non-hydrogen) atoms. The zero-order chi connectivity index (χ0) is 13.6. The number of aliphatic hydroxyl groups excluding tert-OH is 1. The smallest absolute Gasteiger partial charge is 0.186 e. The Morgan fingerprint density at radius 2 is 1.83 bits per heavy atom. The van der Waals surface area contributed by atoms with Crippen molar-refractivity contribution in [2.75, 3.05) is 18.0 Å². The normalized spacial score (nSPS) is 22.2. The molecule has 1 aromatic heterocycles. The summed E-state index contributed by atoms with van der Waals surface area (Å²) in [5.74, 6) is 0. The molecule has 0 bridgehead atoms. The van der Waals surface area contributed by atoms with E-state index in [1.54, 1.807) is 11.3 Å². The molecule has 0 aliphatic carbocycles. The van der Waals surface area contributed by atoms with Crippen LogP contribution in [0.2, 0.25) is 0 Å². The van der Waals surface area contributed by atoms with Gasteiger partial charge in [0.1, 0.15) is 0 Å². The Kier molecular flexibility index (Phi) is 3.42. The van der Waals surface area contributed by atoms with Crippen LogP contribution >= 0.6 is 11.3 Å². The van der Waals surface area contributed by atoms with Crippen LogP contribution in [0, 0.1) is 6.92 Å². The zero-order valence-corrected chi connectivity index (χ0v) is 12.6. The minimum Gasteiger partial charge on any atom is -0.391 e. The number of aliphatic hydroxyl groups is 1. The van der Waals surface area contributed by atoms with Gasteiger partial charge in [-0.3, -0.25) is 0 Å². The molecule has 4 nitrogen and oxygen atoms in total. The van der Waals surface area contributed by atoms with Gasteiger partial charge in [-0.1, -0.05) is 11.3 Å². The van der Waals surface area contributed by atoms with Gasteiger partial charge < -0.3 is 14.7 Å². The van der Waals surface area contributed by atoms with Crippen LogP contribution in [0.15, 0.2) is 0 Å². The molecule has 1 N–H and O–H groups in total. The van der Waals surface area contributed by atoms with Gasteiger partial charge in [0.25, 0.3) is 0 Å². The number of ether oxygens (including phenoxy) is 1. The number of hydrogen-bond donors (Lipinski definition) is 1. The molecule has 0 radical (unpaired) electrons. The molecule has 1 fully saturated rings. The number of rotatable bonds is 2. The Bertz CT molecular complexity index is 424. The van der Waals surface area contributed by atoms with Gasteiger partial charge >= 0.3 is 0 Å². The topological polar surface area (TPSA) is 45.6 Å². The van der Waals surface area contributed by atoms with Crippen LogP contribution < -0.4 is 4.90 Å². The van der Waals surface area contributed by atoms with Crippen molar-refractivity contribution in [2.24, 2.45) is 0 Å². The van der Waals surface area contributed by atoms with Crippen LogP contribution in [0.4, 0.5) is 5.13 Å². The molecule has 2 rings (SSSR count). The number of aryl methyl sites for hydroxylation is 1. The Morgan fingerprint density at radius 3 is 2.28 bits per heavy atom. The Hall–Kier alpha value is -0.650. The van der Waals surface area contributed by atoms with Gasteiger partial charge in [-0.05, 0) is 34.6 Å². The van der Waals surface area contributed by atoms with Crippen molar-refractivity contribution in [1.82, 2.24) is 4.98 Å². The number of thiazole rings is 1. The highest BCUT2D eigenvalue weighted by Gasteiger charge is 2.39. The first-order valence-corrected chi connectivity index (χ1v) is 7.06. The lowest BCUT2D eigenvalue weighted by molar-refractivity contribution is -0.133. The van der Waals surface area contributed by atoms with Gasteiger partial charge in [-0.25, -0.2) is 4.98 Å². The Labute approximate surface area is 113 Å². The predicted octanol–water partition coefficient (Wildman–Crippen LogP) is 2.34. The van der Waals surface area contributed by atoms with Gasteiger partial charge in [0, 0.05) is 13.1 Å². The standard InChI is InChI=1S/C13H22N2O2S/c1-9-10(6-16)18-11(14-9)15-7-12(2,3)17-13(4,5)8-15/h16H,6-8H2,1-5H3. The quantitative estimate of drug-likeness (QED) is 0.896. The summed E-state index contributed by atoms with van der Waals surface area (Å²) in [6.45, 7) is 12.1. The summed E-state index contributed by atoms with van der Waals surface area (Å²) in [5.41, 5.74) is 0.570. The number of nitrogens with zero attached hydrogens (tertiary/aromatic N) is 2. The Morgan fingerprint density at radius 1 is 1.28 bits per heavy atom. The van der Waals surface area contributed by atoms with E-state index in [-0.39, 0.29) is 17.8 Å². The third-order valence-corrected chi connectivity index (χ3v) is 4.19. The minimum atomic E-state index is -0.180. The van der Waals surface area contributed by atoms with Crippen molar-refractivity contribution in [1.29, 1.82) is 0 Å². The lowest BCUT2D eigenvalue weighted by atomic mass is 9.99. The van der Waals surface area contributed by atoms with E-state index in [9.17, 15) is 5.11 Å². The third-order valence-electron chi connectivity index (χ3n) is 2.99. The molecule has 0 unspecified atom stereocenters. The fourth-order valence-corrected chi connectivity index (χ4v) is 3.54. The molecule has 1 aliphatic rings. The van der Waals surface area contributed by atoms with Crippen LogP contribution in [0.3, 0.4) is 0 Å². The molecular weight excluding hydrogens is 248 g/mol. The third kappa shape index (κ3) is 2.84. The van der Waals surface area contributed by atoms with Crippen LogP contribution in [0.1, 0.15) is 38.3 Å². The molecule has 0 aromatic carbocycles. The maximum absolute atomic E-state index is 9.26. The maximum Gasteiger partial charge on any atom is 0.186 e. The van der Waals surface area contributed by atoms with Gasteiger partial charge in [0.2, 0.25) is 0 Å². The fraction of sp³-hybridized carbons (Fsp3) is 0.769. The summed E-state index contributed by atoms with van der Waals surface area (Å²) in [6.07, 6.45) is 0. The second-order valence-electron chi connectivity index (χ2n) is 6.14. The number of anilines is 1. The largest absolute Gasteiger partial charge is 0.391 e. The van der Waals surface area contributed by atoms with Gasteiger partial charge in [0.05, 0.1) is 28.4 Å². The summed E-state index contributed by atoms with van der Waals surface area (Å²) >= 11 is 1.58. The molecule has 0 amide bonds. The molecule has 1 aromatic rings. The van der Waals surface area contributed by atoms with Gasteiger partial charge in [-0.2, -0.15) is 0 Å². The number of hydrogen-bond acceptors (Lipinski definition) is 5. The van der Waals surface area contributed by atoms with E-state index in [4.69, 9.17) is 4.74 Å². The molecule has 102 valence electrons. The van der Waals surface area contributed by atoms with E-state index < -0.39 is 0 Å². The highest BCUT2D eigenvalue weighted by atomic mass is 32.1. The molecule has 2 heterocycles. The minimum absolute atomic E-state index is 0.0701. The van der Waals surface area contributed by atoms with Crippen LogP contribution in [-0.4, -0.2) is 34.4 Å². The van der Waals surface area contributed by atoms with Crippen LogP contribution in [-0.2, 0) is 11.3 Å². The number of aromatic nitrogens is 1. The summed E-state index contributed by atoms with van der Waals surface area (Å²) in [6, 6.07) is 0. The van der Waals surface area contributed by atoms with Crippen molar-refractivity contribution >= 4 is 16.5 Å². The SMILES string of the molecule is Cc1nc(N2CC(C)(C)OC(C)(C)C2)sc1CO. The molecule has 1 saturated heterocycles. The second-order valence-corrected chi connectivity index (χ2v) is 7.20. The molecule has 0 atom stereocenters. The van der Waals surface area contributed by atoms with E-state index in [0.717, 1.165) is 28.8 Å². The first-order valence-electron chi connectivity index (χ1n) is 6.25. The van der Waals surface area contributed by atoms with Crippen molar-refractivity contribution in [2.45, 2.75) is 52.4 Å². The summed E-state index contributed by atoms with van der Waals surface area (Å²) < 4.78 is 6.06. The maximum atomic E-state index is 9.26.